The second-order valence-electron chi connectivity index (χ2n) is 5.10. The van der Waals surface area contributed by atoms with Gasteiger partial charge in [0.1, 0.15) is 0 Å². The first-order valence-electron chi connectivity index (χ1n) is 7.36. The highest BCUT2D eigenvalue weighted by atomic mass is 16.3. The van der Waals surface area contributed by atoms with Crippen LogP contribution in [0, 0.1) is 0 Å². The van der Waals surface area contributed by atoms with E-state index in [1.807, 2.05) is 24.0 Å². The summed E-state index contributed by atoms with van der Waals surface area (Å²) in [4.78, 5) is 2.15. The molecular weight excluding hydrogens is 264 g/mol. The second-order valence-corrected chi connectivity index (χ2v) is 5.10. The molecule has 0 spiro atoms. The predicted octanol–water partition coefficient (Wildman–Crippen LogP) is 2.41. The van der Waals surface area contributed by atoms with E-state index >= 15 is 0 Å². The van der Waals surface area contributed by atoms with Crippen LogP contribution in [0.1, 0.15) is 25.6 Å². The van der Waals surface area contributed by atoms with Gasteiger partial charge in [-0.2, -0.15) is 5.10 Å². The number of rotatable bonds is 7. The highest BCUT2D eigenvalue weighted by molar-refractivity contribution is 5.55. The smallest absolute Gasteiger partial charge is 0.0653 e. The molecule has 21 heavy (non-hydrogen) atoms. The SMILES string of the molecule is CCN(CCO)c1ccc(NC(C)c2ccnn2C)cc1. The minimum Gasteiger partial charge on any atom is -0.395 e. The highest BCUT2D eigenvalue weighted by Gasteiger charge is 2.09. The molecule has 2 N–H and O–H groups in total. The van der Waals surface area contributed by atoms with E-state index in [-0.39, 0.29) is 12.6 Å². The van der Waals surface area contributed by atoms with Crippen LogP contribution in [0.3, 0.4) is 0 Å². The van der Waals surface area contributed by atoms with Crippen LogP contribution in [0.2, 0.25) is 0 Å². The Morgan fingerprint density at radius 3 is 2.52 bits per heavy atom. The van der Waals surface area contributed by atoms with Crippen molar-refractivity contribution < 1.29 is 5.11 Å². The fraction of sp³-hybridized carbons (Fsp3) is 0.438. The van der Waals surface area contributed by atoms with Crippen molar-refractivity contribution in [2.24, 2.45) is 7.05 Å². The second kappa shape index (κ2) is 7.13. The third-order valence-corrected chi connectivity index (χ3v) is 3.67. The number of nitrogens with zero attached hydrogens (tertiary/aromatic N) is 3. The summed E-state index contributed by atoms with van der Waals surface area (Å²) in [6.07, 6.45) is 1.81. The van der Waals surface area contributed by atoms with Crippen molar-refractivity contribution in [2.75, 3.05) is 29.9 Å². The van der Waals surface area contributed by atoms with E-state index in [0.717, 1.165) is 23.6 Å². The average Bonchev–Trinajstić information content (AvgIpc) is 2.92. The van der Waals surface area contributed by atoms with Crippen LogP contribution in [-0.2, 0) is 7.05 Å². The molecule has 0 bridgehead atoms. The van der Waals surface area contributed by atoms with Crippen molar-refractivity contribution in [3.63, 3.8) is 0 Å². The zero-order valence-electron chi connectivity index (χ0n) is 13.0. The molecule has 0 aliphatic carbocycles. The molecule has 114 valence electrons. The summed E-state index contributed by atoms with van der Waals surface area (Å²) in [6, 6.07) is 10.5. The molecule has 1 aromatic heterocycles. The summed E-state index contributed by atoms with van der Waals surface area (Å²) in [7, 11) is 1.95. The van der Waals surface area contributed by atoms with Gasteiger partial charge < -0.3 is 15.3 Å². The first kappa shape index (κ1) is 15.4. The van der Waals surface area contributed by atoms with Crippen LogP contribution in [0.15, 0.2) is 36.5 Å². The van der Waals surface area contributed by atoms with Crippen molar-refractivity contribution >= 4 is 11.4 Å². The molecule has 0 aliphatic rings. The summed E-state index contributed by atoms with van der Waals surface area (Å²) >= 11 is 0. The summed E-state index contributed by atoms with van der Waals surface area (Å²) in [5.74, 6) is 0. The van der Waals surface area contributed by atoms with Crippen LogP contribution in [-0.4, -0.2) is 34.6 Å². The zero-order chi connectivity index (χ0) is 15.2. The molecule has 0 radical (unpaired) electrons. The van der Waals surface area contributed by atoms with Crippen LogP contribution in [0.5, 0.6) is 0 Å². The molecular formula is C16H24N4O. The minimum atomic E-state index is 0.172. The molecule has 2 aromatic rings. The molecule has 1 unspecified atom stereocenters. The molecule has 1 heterocycles. The van der Waals surface area contributed by atoms with E-state index in [2.05, 4.69) is 53.4 Å². The van der Waals surface area contributed by atoms with Crippen molar-refractivity contribution in [2.45, 2.75) is 19.9 Å². The third-order valence-electron chi connectivity index (χ3n) is 3.67. The Morgan fingerprint density at radius 2 is 2.00 bits per heavy atom. The lowest BCUT2D eigenvalue weighted by Gasteiger charge is -2.22. The zero-order valence-corrected chi connectivity index (χ0v) is 13.0. The van der Waals surface area contributed by atoms with Crippen molar-refractivity contribution in [1.29, 1.82) is 0 Å². The largest absolute Gasteiger partial charge is 0.395 e. The molecule has 1 aromatic carbocycles. The molecule has 0 amide bonds. The normalized spacial score (nSPS) is 12.2. The molecule has 0 saturated carbocycles. The average molecular weight is 288 g/mol. The van der Waals surface area contributed by atoms with E-state index in [1.54, 1.807) is 0 Å². The first-order valence-corrected chi connectivity index (χ1v) is 7.36. The van der Waals surface area contributed by atoms with Gasteiger partial charge in [0.05, 0.1) is 18.3 Å². The van der Waals surface area contributed by atoms with E-state index < -0.39 is 0 Å². The van der Waals surface area contributed by atoms with E-state index in [9.17, 15) is 0 Å². The topological polar surface area (TPSA) is 53.3 Å². The van der Waals surface area contributed by atoms with Crippen LogP contribution < -0.4 is 10.2 Å². The van der Waals surface area contributed by atoms with E-state index in [4.69, 9.17) is 5.11 Å². The van der Waals surface area contributed by atoms with Gasteiger partial charge in [-0.05, 0) is 44.2 Å². The summed E-state index contributed by atoms with van der Waals surface area (Å²) in [5.41, 5.74) is 3.35. The number of hydrogen-bond acceptors (Lipinski definition) is 4. The fourth-order valence-corrected chi connectivity index (χ4v) is 2.49. The van der Waals surface area contributed by atoms with Gasteiger partial charge >= 0.3 is 0 Å². The van der Waals surface area contributed by atoms with Gasteiger partial charge in [0.15, 0.2) is 0 Å². The van der Waals surface area contributed by atoms with Crippen molar-refractivity contribution in [1.82, 2.24) is 9.78 Å². The molecule has 1 atom stereocenters. The van der Waals surface area contributed by atoms with Gasteiger partial charge in [0, 0.05) is 37.7 Å². The minimum absolute atomic E-state index is 0.172. The van der Waals surface area contributed by atoms with Crippen molar-refractivity contribution in [3.05, 3.63) is 42.2 Å². The number of aliphatic hydroxyl groups is 1. The van der Waals surface area contributed by atoms with Crippen LogP contribution in [0.25, 0.3) is 0 Å². The van der Waals surface area contributed by atoms with Gasteiger partial charge in [-0.1, -0.05) is 0 Å². The Hall–Kier alpha value is -2.01. The van der Waals surface area contributed by atoms with Crippen LogP contribution in [0.4, 0.5) is 11.4 Å². The Balaban J connectivity index is 2.04. The number of likely N-dealkylation sites (N-methyl/N-ethyl adjacent to an activating group) is 1. The van der Waals surface area contributed by atoms with E-state index in [0.29, 0.717) is 6.54 Å². The number of aliphatic hydroxyl groups excluding tert-OH is 1. The first-order chi connectivity index (χ1) is 10.2. The molecule has 5 heteroatoms. The molecule has 0 aliphatic heterocycles. The lowest BCUT2D eigenvalue weighted by atomic mass is 10.2. The molecule has 5 nitrogen and oxygen atoms in total. The molecule has 0 saturated heterocycles. The maximum Gasteiger partial charge on any atom is 0.0653 e. The number of nitrogens with one attached hydrogen (secondary N) is 1. The Labute approximate surface area is 126 Å². The third kappa shape index (κ3) is 3.76. The highest BCUT2D eigenvalue weighted by Crippen LogP contribution is 2.22. The summed E-state index contributed by atoms with van der Waals surface area (Å²) in [5, 5.41) is 16.7. The number of hydrogen-bond donors (Lipinski definition) is 2. The fourth-order valence-electron chi connectivity index (χ4n) is 2.49. The van der Waals surface area contributed by atoms with Gasteiger partial charge in [-0.25, -0.2) is 0 Å². The number of anilines is 2. The van der Waals surface area contributed by atoms with Gasteiger partial charge in [0.25, 0.3) is 0 Å². The summed E-state index contributed by atoms with van der Waals surface area (Å²) < 4.78 is 1.88. The van der Waals surface area contributed by atoms with Gasteiger partial charge in [-0.3, -0.25) is 4.68 Å². The number of benzene rings is 1. The maximum absolute atomic E-state index is 9.07. The lowest BCUT2D eigenvalue weighted by Crippen LogP contribution is -2.25. The Kier molecular flexibility index (Phi) is 5.22. The number of aryl methyl sites for hydroxylation is 1. The monoisotopic (exact) mass is 288 g/mol. The van der Waals surface area contributed by atoms with Gasteiger partial charge in [0.2, 0.25) is 0 Å². The predicted molar refractivity (Wildman–Crippen MR) is 86.7 cm³/mol. The summed E-state index contributed by atoms with van der Waals surface area (Å²) in [6.45, 7) is 5.93. The Bertz CT molecular complexity index is 550. The molecule has 2 rings (SSSR count). The standard InChI is InChI=1S/C16H24N4O/c1-4-20(11-12-21)15-7-5-14(6-8-15)18-13(2)16-9-10-17-19(16)3/h5-10,13,18,21H,4,11-12H2,1-3H3. The van der Waals surface area contributed by atoms with Crippen LogP contribution >= 0.6 is 0 Å². The molecule has 0 fully saturated rings. The van der Waals surface area contributed by atoms with E-state index in [1.165, 1.54) is 0 Å². The van der Waals surface area contributed by atoms with Crippen molar-refractivity contribution in [3.8, 4) is 0 Å². The Morgan fingerprint density at radius 1 is 1.29 bits per heavy atom. The lowest BCUT2D eigenvalue weighted by molar-refractivity contribution is 0.302. The van der Waals surface area contributed by atoms with Gasteiger partial charge in [-0.15, -0.1) is 0 Å². The number of aromatic nitrogens is 2. The quantitative estimate of drug-likeness (QED) is 0.821. The maximum atomic E-state index is 9.07.